The molecule has 5 heteroatoms. The van der Waals surface area contributed by atoms with Gasteiger partial charge in [0, 0.05) is 0 Å². The third-order valence-corrected chi connectivity index (χ3v) is 8.10. The van der Waals surface area contributed by atoms with E-state index in [1.165, 1.54) is 70.6 Å². The first-order valence-electron chi connectivity index (χ1n) is 13.5. The van der Waals surface area contributed by atoms with Crippen molar-refractivity contribution in [2.24, 2.45) is 17.8 Å². The Morgan fingerprint density at radius 3 is 1.76 bits per heavy atom. The van der Waals surface area contributed by atoms with Crippen LogP contribution in [0, 0.1) is 29.4 Å². The normalized spacial score (nSPS) is 26.3. The third-order valence-electron chi connectivity index (χ3n) is 8.10. The molecular formula is C29H41F5. The highest BCUT2D eigenvalue weighted by molar-refractivity contribution is 5.31. The molecule has 0 radical (unpaired) electrons. The van der Waals surface area contributed by atoms with E-state index in [4.69, 9.17) is 0 Å². The predicted octanol–water partition coefficient (Wildman–Crippen LogP) is 10.4. The van der Waals surface area contributed by atoms with E-state index in [1.807, 2.05) is 0 Å². The van der Waals surface area contributed by atoms with Gasteiger partial charge in [0.1, 0.15) is 17.2 Å². The van der Waals surface area contributed by atoms with Gasteiger partial charge < -0.3 is 0 Å². The Morgan fingerprint density at radius 1 is 0.735 bits per heavy atom. The Kier molecular flexibility index (Phi) is 10.5. The number of benzene rings is 1. The standard InChI is InChI=1S/C29H41F5/c1-2-3-4-5-6-7-8-21-9-11-22(12-10-21)13-14-23-15-17-24(18-16-23)25-19-26(30)28(27(31)20-25)29(32,33)34/h13-14,19-24H,2-12,15-18H2,1H3. The Hall–Kier alpha value is -1.39. The van der Waals surface area contributed by atoms with Gasteiger partial charge in [-0.05, 0) is 92.7 Å². The summed E-state index contributed by atoms with van der Waals surface area (Å²) >= 11 is 0. The van der Waals surface area contributed by atoms with Crippen LogP contribution < -0.4 is 0 Å². The lowest BCUT2D eigenvalue weighted by Gasteiger charge is -2.29. The van der Waals surface area contributed by atoms with Gasteiger partial charge in [-0.2, -0.15) is 13.2 Å². The van der Waals surface area contributed by atoms with Gasteiger partial charge in [-0.15, -0.1) is 0 Å². The topological polar surface area (TPSA) is 0 Å². The van der Waals surface area contributed by atoms with Crippen LogP contribution in [0.25, 0.3) is 0 Å². The van der Waals surface area contributed by atoms with Crippen molar-refractivity contribution >= 4 is 0 Å². The third kappa shape index (κ3) is 8.09. The van der Waals surface area contributed by atoms with Crippen LogP contribution in [-0.4, -0.2) is 0 Å². The smallest absolute Gasteiger partial charge is 0.206 e. The zero-order chi connectivity index (χ0) is 24.6. The van der Waals surface area contributed by atoms with E-state index in [-0.39, 0.29) is 5.92 Å². The molecule has 0 unspecified atom stereocenters. The van der Waals surface area contributed by atoms with Gasteiger partial charge in [-0.25, -0.2) is 8.78 Å². The number of hydrogen-bond acceptors (Lipinski definition) is 0. The second kappa shape index (κ2) is 13.1. The van der Waals surface area contributed by atoms with Crippen LogP contribution in [0.2, 0.25) is 0 Å². The van der Waals surface area contributed by atoms with E-state index in [0.29, 0.717) is 17.4 Å². The van der Waals surface area contributed by atoms with Gasteiger partial charge in [0.05, 0.1) is 0 Å². The fourth-order valence-electron chi connectivity index (χ4n) is 5.94. The minimum atomic E-state index is -5.01. The summed E-state index contributed by atoms with van der Waals surface area (Å²) in [4.78, 5) is 0. The Balaban J connectivity index is 1.38. The molecule has 0 spiro atoms. The number of allylic oxidation sites excluding steroid dienone is 2. The summed E-state index contributed by atoms with van der Waals surface area (Å²) in [5, 5.41) is 0. The zero-order valence-corrected chi connectivity index (χ0v) is 20.6. The molecule has 0 aromatic heterocycles. The van der Waals surface area contributed by atoms with Gasteiger partial charge in [-0.3, -0.25) is 0 Å². The second-order valence-corrected chi connectivity index (χ2v) is 10.7. The molecule has 2 aliphatic carbocycles. The van der Waals surface area contributed by atoms with Gasteiger partial charge in [0.2, 0.25) is 0 Å². The molecule has 0 saturated heterocycles. The Morgan fingerprint density at radius 2 is 1.24 bits per heavy atom. The Labute approximate surface area is 202 Å². The second-order valence-electron chi connectivity index (χ2n) is 10.7. The van der Waals surface area contributed by atoms with Crippen molar-refractivity contribution in [2.45, 2.75) is 115 Å². The summed E-state index contributed by atoms with van der Waals surface area (Å²) in [6.07, 6.45) is 17.9. The first-order chi connectivity index (χ1) is 16.3. The van der Waals surface area contributed by atoms with Crippen molar-refractivity contribution in [3.05, 3.63) is 47.0 Å². The van der Waals surface area contributed by atoms with E-state index in [9.17, 15) is 22.0 Å². The average Bonchev–Trinajstić information content (AvgIpc) is 2.79. The van der Waals surface area contributed by atoms with Gasteiger partial charge in [-0.1, -0.05) is 64.0 Å². The number of alkyl halides is 3. The Bertz CT molecular complexity index is 742. The maximum atomic E-state index is 14.0. The number of unbranched alkanes of at least 4 members (excludes halogenated alkanes) is 5. The van der Waals surface area contributed by atoms with E-state index >= 15 is 0 Å². The summed E-state index contributed by atoms with van der Waals surface area (Å²) in [6.45, 7) is 2.26. The first kappa shape index (κ1) is 27.2. The highest BCUT2D eigenvalue weighted by Crippen LogP contribution is 2.40. The summed E-state index contributed by atoms with van der Waals surface area (Å²) < 4.78 is 66.3. The first-order valence-corrected chi connectivity index (χ1v) is 13.5. The van der Waals surface area contributed by atoms with E-state index in [2.05, 4.69) is 19.1 Å². The molecule has 0 N–H and O–H groups in total. The van der Waals surface area contributed by atoms with Gasteiger partial charge in [0.25, 0.3) is 0 Å². The quantitative estimate of drug-likeness (QED) is 0.176. The van der Waals surface area contributed by atoms with Crippen molar-refractivity contribution in [3.63, 3.8) is 0 Å². The molecule has 34 heavy (non-hydrogen) atoms. The van der Waals surface area contributed by atoms with E-state index < -0.39 is 23.4 Å². The summed E-state index contributed by atoms with van der Waals surface area (Å²) in [6, 6.07) is 1.77. The maximum Gasteiger partial charge on any atom is 0.422 e. The van der Waals surface area contributed by atoms with E-state index in [0.717, 1.165) is 43.7 Å². The summed E-state index contributed by atoms with van der Waals surface area (Å²) in [5.41, 5.74) is -1.43. The molecule has 0 aliphatic heterocycles. The molecule has 0 amide bonds. The van der Waals surface area contributed by atoms with Crippen LogP contribution in [0.3, 0.4) is 0 Å². The summed E-state index contributed by atoms with van der Waals surface area (Å²) in [5.74, 6) is -1.06. The lowest BCUT2D eigenvalue weighted by molar-refractivity contribution is -0.142. The van der Waals surface area contributed by atoms with Crippen LogP contribution in [-0.2, 0) is 6.18 Å². The van der Waals surface area contributed by atoms with Crippen LogP contribution in [0.15, 0.2) is 24.3 Å². The van der Waals surface area contributed by atoms with Crippen LogP contribution >= 0.6 is 0 Å². The lowest BCUT2D eigenvalue weighted by atomic mass is 9.76. The van der Waals surface area contributed by atoms with Crippen LogP contribution in [0.5, 0.6) is 0 Å². The van der Waals surface area contributed by atoms with E-state index in [1.54, 1.807) is 0 Å². The molecule has 1 aromatic carbocycles. The maximum absolute atomic E-state index is 14.0. The highest BCUT2D eigenvalue weighted by atomic mass is 19.4. The fourth-order valence-corrected chi connectivity index (χ4v) is 5.94. The molecule has 0 nitrogen and oxygen atoms in total. The fraction of sp³-hybridized carbons (Fsp3) is 0.724. The molecule has 0 heterocycles. The molecule has 2 fully saturated rings. The van der Waals surface area contributed by atoms with Crippen molar-refractivity contribution in [1.29, 1.82) is 0 Å². The van der Waals surface area contributed by atoms with Crippen molar-refractivity contribution in [3.8, 4) is 0 Å². The summed E-state index contributed by atoms with van der Waals surface area (Å²) in [7, 11) is 0. The molecule has 2 saturated carbocycles. The molecule has 2 aliphatic rings. The molecule has 192 valence electrons. The number of rotatable bonds is 10. The minimum Gasteiger partial charge on any atom is -0.206 e. The predicted molar refractivity (Wildman–Crippen MR) is 129 cm³/mol. The van der Waals surface area contributed by atoms with Crippen LogP contribution in [0.4, 0.5) is 22.0 Å². The van der Waals surface area contributed by atoms with Crippen molar-refractivity contribution in [1.82, 2.24) is 0 Å². The highest BCUT2D eigenvalue weighted by Gasteiger charge is 2.38. The SMILES string of the molecule is CCCCCCCCC1CCC(C=CC2CCC(c3cc(F)c(C(F)(F)F)c(F)c3)CC2)CC1. The largest absolute Gasteiger partial charge is 0.422 e. The van der Waals surface area contributed by atoms with Crippen molar-refractivity contribution in [2.75, 3.05) is 0 Å². The average molecular weight is 485 g/mol. The molecule has 0 atom stereocenters. The molecular weight excluding hydrogens is 443 g/mol. The lowest BCUT2D eigenvalue weighted by Crippen LogP contribution is -2.16. The van der Waals surface area contributed by atoms with Crippen molar-refractivity contribution < 1.29 is 22.0 Å². The zero-order valence-electron chi connectivity index (χ0n) is 20.6. The van der Waals surface area contributed by atoms with Crippen LogP contribution in [0.1, 0.15) is 120 Å². The molecule has 3 rings (SSSR count). The minimum absolute atomic E-state index is 0.0756. The molecule has 0 bridgehead atoms. The van der Waals surface area contributed by atoms with Gasteiger partial charge in [0.15, 0.2) is 0 Å². The number of hydrogen-bond donors (Lipinski definition) is 0. The van der Waals surface area contributed by atoms with Gasteiger partial charge >= 0.3 is 6.18 Å². The monoisotopic (exact) mass is 484 g/mol. The molecule has 1 aromatic rings. The number of halogens is 5.